The Kier molecular flexibility index (Phi) is 7.59. The van der Waals surface area contributed by atoms with Gasteiger partial charge in [-0.05, 0) is 54.7 Å². The predicted octanol–water partition coefficient (Wildman–Crippen LogP) is 2.82. The number of hydrazine groups is 1. The molecule has 1 aliphatic rings. The summed E-state index contributed by atoms with van der Waals surface area (Å²) in [5.41, 5.74) is 15.7. The van der Waals surface area contributed by atoms with Gasteiger partial charge in [-0.2, -0.15) is 0 Å². The first kappa shape index (κ1) is 23.8. The zero-order valence-electron chi connectivity index (χ0n) is 19.4. The van der Waals surface area contributed by atoms with Crippen LogP contribution < -0.4 is 27.9 Å². The van der Waals surface area contributed by atoms with Crippen molar-refractivity contribution in [3.05, 3.63) is 95.6 Å². The van der Waals surface area contributed by atoms with Crippen LogP contribution in [0.1, 0.15) is 34.3 Å². The molecule has 3 aromatic carbocycles. The lowest BCUT2D eigenvalue weighted by atomic mass is 10.1. The number of hydrogen-bond donors (Lipinski definition) is 5. The molecule has 8 N–H and O–H groups in total. The third-order valence-electron chi connectivity index (χ3n) is 5.70. The number of nitrogens with zero attached hydrogens (tertiary/aromatic N) is 3. The molecule has 0 bridgehead atoms. The molecule has 0 radical (unpaired) electrons. The van der Waals surface area contributed by atoms with Crippen molar-refractivity contribution in [1.82, 2.24) is 10.3 Å². The number of carbonyl (C=O) groups excluding carboxylic acids is 1. The fourth-order valence-corrected chi connectivity index (χ4v) is 3.77. The molecule has 35 heavy (non-hydrogen) atoms. The highest BCUT2D eigenvalue weighted by Crippen LogP contribution is 2.18. The lowest BCUT2D eigenvalue weighted by molar-refractivity contribution is 0.102. The van der Waals surface area contributed by atoms with Crippen LogP contribution in [-0.4, -0.2) is 29.0 Å². The molecule has 0 aromatic heterocycles. The van der Waals surface area contributed by atoms with Gasteiger partial charge < -0.3 is 16.8 Å². The van der Waals surface area contributed by atoms with E-state index < -0.39 is 0 Å². The summed E-state index contributed by atoms with van der Waals surface area (Å²) in [6.07, 6.45) is 2.33. The average Bonchev–Trinajstić information content (AvgIpc) is 2.87. The number of aliphatic imine (C=N–C) groups is 2. The summed E-state index contributed by atoms with van der Waals surface area (Å²) in [6.45, 7) is 0.369. The molecule has 1 amide bonds. The fourth-order valence-electron chi connectivity index (χ4n) is 3.77. The molecule has 180 valence electrons. The summed E-state index contributed by atoms with van der Waals surface area (Å²) in [7, 11) is 0. The number of hydrogen-bond acceptors (Lipinski definition) is 6. The second-order valence-electron chi connectivity index (χ2n) is 8.28. The van der Waals surface area contributed by atoms with E-state index in [1.54, 1.807) is 24.3 Å². The Morgan fingerprint density at radius 3 is 2.43 bits per heavy atom. The van der Waals surface area contributed by atoms with Crippen LogP contribution in [0.2, 0.25) is 0 Å². The van der Waals surface area contributed by atoms with Gasteiger partial charge in [-0.15, -0.1) is 0 Å². The minimum atomic E-state index is -0.282. The van der Waals surface area contributed by atoms with Crippen LogP contribution in [0.15, 0.2) is 88.8 Å². The molecular formula is C26H30N8O. The van der Waals surface area contributed by atoms with Crippen molar-refractivity contribution in [2.75, 3.05) is 11.1 Å². The Morgan fingerprint density at radius 1 is 0.971 bits per heavy atom. The maximum absolute atomic E-state index is 12.5. The number of rotatable bonds is 8. The quantitative estimate of drug-likeness (QED) is 0.253. The van der Waals surface area contributed by atoms with Gasteiger partial charge in [0.15, 0.2) is 5.96 Å². The maximum Gasteiger partial charge on any atom is 0.255 e. The number of carbonyl (C=O) groups is 1. The van der Waals surface area contributed by atoms with Crippen LogP contribution in [-0.2, 0) is 13.0 Å². The van der Waals surface area contributed by atoms with Gasteiger partial charge in [0.2, 0.25) is 5.96 Å². The zero-order chi connectivity index (χ0) is 24.6. The van der Waals surface area contributed by atoms with Crippen molar-refractivity contribution in [2.24, 2.45) is 21.6 Å². The molecule has 0 spiro atoms. The van der Waals surface area contributed by atoms with Gasteiger partial charge in [-0.25, -0.2) is 15.8 Å². The van der Waals surface area contributed by atoms with Crippen LogP contribution >= 0.6 is 0 Å². The monoisotopic (exact) mass is 470 g/mol. The van der Waals surface area contributed by atoms with Crippen LogP contribution in [0.5, 0.6) is 0 Å². The van der Waals surface area contributed by atoms with Crippen LogP contribution in [0.25, 0.3) is 0 Å². The van der Waals surface area contributed by atoms with E-state index in [-0.39, 0.29) is 12.1 Å². The molecular weight excluding hydrogens is 440 g/mol. The number of para-hydroxylation sites is 2. The lowest BCUT2D eigenvalue weighted by Gasteiger charge is -2.32. The second kappa shape index (κ2) is 11.2. The Balaban J connectivity index is 1.34. The van der Waals surface area contributed by atoms with Crippen LogP contribution in [0.4, 0.5) is 11.4 Å². The highest BCUT2D eigenvalue weighted by atomic mass is 16.1. The Morgan fingerprint density at radius 2 is 1.69 bits per heavy atom. The van der Waals surface area contributed by atoms with Gasteiger partial charge in [0.25, 0.3) is 5.91 Å². The molecule has 1 unspecified atom stereocenters. The first-order chi connectivity index (χ1) is 17.0. The van der Waals surface area contributed by atoms with Crippen molar-refractivity contribution in [2.45, 2.75) is 32.0 Å². The molecule has 3 aromatic rings. The van der Waals surface area contributed by atoms with Crippen molar-refractivity contribution in [3.63, 3.8) is 0 Å². The molecule has 0 saturated heterocycles. The Bertz CT molecular complexity index is 1210. The summed E-state index contributed by atoms with van der Waals surface area (Å²) < 4.78 is 0. The summed E-state index contributed by atoms with van der Waals surface area (Å²) in [6, 6.07) is 24.6. The summed E-state index contributed by atoms with van der Waals surface area (Å²) in [4.78, 5) is 21.5. The molecule has 0 saturated carbocycles. The number of nitrogen functional groups attached to an aromatic ring is 1. The molecule has 9 nitrogen and oxygen atoms in total. The van der Waals surface area contributed by atoms with Gasteiger partial charge in [-0.3, -0.25) is 15.1 Å². The topological polar surface area (TPSA) is 147 Å². The number of anilines is 2. The van der Waals surface area contributed by atoms with E-state index in [1.165, 1.54) is 10.6 Å². The zero-order valence-corrected chi connectivity index (χ0v) is 19.4. The first-order valence-corrected chi connectivity index (χ1v) is 11.5. The number of aryl methyl sites for hydroxylation is 1. The molecule has 9 heteroatoms. The van der Waals surface area contributed by atoms with E-state index in [2.05, 4.69) is 32.8 Å². The minimum Gasteiger partial charge on any atom is -0.397 e. The predicted molar refractivity (Wildman–Crippen MR) is 140 cm³/mol. The summed E-state index contributed by atoms with van der Waals surface area (Å²) in [5.74, 6) is 6.82. The average molecular weight is 471 g/mol. The van der Waals surface area contributed by atoms with Gasteiger partial charge >= 0.3 is 0 Å². The van der Waals surface area contributed by atoms with Crippen LogP contribution in [0, 0.1) is 0 Å². The van der Waals surface area contributed by atoms with Gasteiger partial charge in [0, 0.05) is 5.56 Å². The van der Waals surface area contributed by atoms with Crippen LogP contribution in [0.3, 0.4) is 0 Å². The Hall–Kier alpha value is -4.37. The molecule has 1 aliphatic heterocycles. The SMILES string of the molecule is NC1=NC(CCCc2ccccc2)N(N)C(=NCc2ccc(C(=O)Nc3ccccc3N)cc2)N1. The van der Waals surface area contributed by atoms with Crippen molar-refractivity contribution < 1.29 is 4.79 Å². The number of amides is 1. The van der Waals surface area contributed by atoms with E-state index in [0.29, 0.717) is 35.4 Å². The molecule has 0 aliphatic carbocycles. The van der Waals surface area contributed by atoms with Crippen molar-refractivity contribution in [3.8, 4) is 0 Å². The number of nitrogens with two attached hydrogens (primary N) is 3. The van der Waals surface area contributed by atoms with Gasteiger partial charge in [0.1, 0.15) is 6.17 Å². The highest BCUT2D eigenvalue weighted by molar-refractivity contribution is 6.05. The van der Waals surface area contributed by atoms with E-state index in [0.717, 1.165) is 24.8 Å². The van der Waals surface area contributed by atoms with E-state index in [9.17, 15) is 4.79 Å². The second-order valence-corrected chi connectivity index (χ2v) is 8.28. The van der Waals surface area contributed by atoms with E-state index >= 15 is 0 Å². The largest absolute Gasteiger partial charge is 0.397 e. The van der Waals surface area contributed by atoms with E-state index in [1.807, 2.05) is 42.5 Å². The Labute approximate surface area is 204 Å². The summed E-state index contributed by atoms with van der Waals surface area (Å²) >= 11 is 0. The molecule has 4 rings (SSSR count). The smallest absolute Gasteiger partial charge is 0.255 e. The van der Waals surface area contributed by atoms with Crippen molar-refractivity contribution in [1.29, 1.82) is 0 Å². The third-order valence-corrected chi connectivity index (χ3v) is 5.70. The first-order valence-electron chi connectivity index (χ1n) is 11.5. The summed E-state index contributed by atoms with van der Waals surface area (Å²) in [5, 5.41) is 7.28. The normalized spacial score (nSPS) is 16.5. The fraction of sp³-hybridized carbons (Fsp3) is 0.192. The van der Waals surface area contributed by atoms with E-state index in [4.69, 9.17) is 17.3 Å². The minimum absolute atomic E-state index is 0.231. The van der Waals surface area contributed by atoms with Crippen molar-refractivity contribution >= 4 is 29.2 Å². The maximum atomic E-state index is 12.5. The van der Waals surface area contributed by atoms with Gasteiger partial charge in [-0.1, -0.05) is 54.6 Å². The third kappa shape index (κ3) is 6.36. The highest BCUT2D eigenvalue weighted by Gasteiger charge is 2.24. The number of guanidine groups is 2. The molecule has 0 fully saturated rings. The molecule has 1 atom stereocenters. The van der Waals surface area contributed by atoms with Gasteiger partial charge in [0.05, 0.1) is 17.9 Å². The molecule has 1 heterocycles. The number of benzene rings is 3. The lowest BCUT2D eigenvalue weighted by Crippen LogP contribution is -2.58. The standard InChI is InChI=1S/C26H30N8O/c27-21-10-4-5-11-22(21)31-24(35)20-15-13-19(14-16-20)17-30-26-33-25(28)32-23(34(26)29)12-6-9-18-7-2-1-3-8-18/h1-5,7-8,10-11,13-16,23H,6,9,12,17,27,29H2,(H,31,35)(H3,28,30,32,33). The number of nitrogens with one attached hydrogen (secondary N) is 2.